The average Bonchev–Trinajstić information content (AvgIpc) is 3.47. The standard InChI is InChI=1S/C25H30N8O/c1-31(2)18-9-10-33(14-18)25-19(26)6-8-22(34-4)24(25)30-23-12-20(27-15-28-23)16-5-7-21-17(11-16)13-29-32(21)3/h5-8,11-13,15,18H,9-10,14,26H2,1-4H3,(H,27,28,30). The number of hydrogen-bond donors (Lipinski definition) is 2. The van der Waals surface area contributed by atoms with Gasteiger partial charge in [0.05, 0.1) is 35.9 Å². The van der Waals surface area contributed by atoms with Crippen LogP contribution in [0, 0.1) is 0 Å². The maximum absolute atomic E-state index is 6.48. The fourth-order valence-electron chi connectivity index (χ4n) is 4.62. The van der Waals surface area contributed by atoms with Crippen molar-refractivity contribution < 1.29 is 4.74 Å². The van der Waals surface area contributed by atoms with Gasteiger partial charge in [-0.05, 0) is 44.8 Å². The van der Waals surface area contributed by atoms with E-state index in [9.17, 15) is 0 Å². The van der Waals surface area contributed by atoms with E-state index in [-0.39, 0.29) is 0 Å². The molecule has 0 radical (unpaired) electrons. The van der Waals surface area contributed by atoms with Crippen molar-refractivity contribution in [1.82, 2.24) is 24.6 Å². The minimum atomic E-state index is 0.478. The van der Waals surface area contributed by atoms with E-state index in [2.05, 4.69) is 56.4 Å². The number of ether oxygens (including phenoxy) is 1. The summed E-state index contributed by atoms with van der Waals surface area (Å²) in [7, 11) is 7.84. The van der Waals surface area contributed by atoms with Crippen LogP contribution in [0.2, 0.25) is 0 Å². The molecule has 9 nitrogen and oxygen atoms in total. The number of fused-ring (bicyclic) bond motifs is 1. The predicted octanol–water partition coefficient (Wildman–Crippen LogP) is 3.51. The predicted molar refractivity (Wildman–Crippen MR) is 137 cm³/mol. The van der Waals surface area contributed by atoms with Gasteiger partial charge in [-0.25, -0.2) is 9.97 Å². The summed E-state index contributed by atoms with van der Waals surface area (Å²) in [6.07, 6.45) is 4.51. The smallest absolute Gasteiger partial charge is 0.144 e. The third kappa shape index (κ3) is 3.99. The SMILES string of the molecule is COc1ccc(N)c(N2CCC(N(C)C)C2)c1Nc1cc(-c2ccc3c(cnn3C)c2)ncn1. The zero-order chi connectivity index (χ0) is 23.8. The second-order valence-corrected chi connectivity index (χ2v) is 8.89. The van der Waals surface area contributed by atoms with Crippen LogP contribution in [0.4, 0.5) is 22.9 Å². The molecular weight excluding hydrogens is 428 g/mol. The first-order valence-corrected chi connectivity index (χ1v) is 11.3. The van der Waals surface area contributed by atoms with Crippen molar-refractivity contribution >= 4 is 33.8 Å². The Kier molecular flexibility index (Phi) is 5.70. The Morgan fingerprint density at radius 1 is 1.15 bits per heavy atom. The molecule has 0 bridgehead atoms. The van der Waals surface area contributed by atoms with E-state index >= 15 is 0 Å². The second-order valence-electron chi connectivity index (χ2n) is 8.89. The number of methoxy groups -OCH3 is 1. The maximum atomic E-state index is 6.48. The highest BCUT2D eigenvalue weighted by Gasteiger charge is 2.28. The molecule has 5 rings (SSSR count). The molecule has 0 amide bonds. The van der Waals surface area contributed by atoms with Crippen molar-refractivity contribution in [2.45, 2.75) is 12.5 Å². The molecule has 1 aliphatic rings. The van der Waals surface area contributed by atoms with E-state index in [1.165, 1.54) is 0 Å². The average molecular weight is 459 g/mol. The Hall–Kier alpha value is -3.85. The zero-order valence-corrected chi connectivity index (χ0v) is 20.0. The molecule has 1 atom stereocenters. The summed E-state index contributed by atoms with van der Waals surface area (Å²) in [6.45, 7) is 1.83. The Morgan fingerprint density at radius 2 is 2.00 bits per heavy atom. The summed E-state index contributed by atoms with van der Waals surface area (Å²) in [4.78, 5) is 13.6. The molecule has 1 fully saturated rings. The summed E-state index contributed by atoms with van der Waals surface area (Å²) in [5.41, 5.74) is 11.8. The fourth-order valence-corrected chi connectivity index (χ4v) is 4.62. The highest BCUT2D eigenvalue weighted by molar-refractivity contribution is 5.89. The minimum absolute atomic E-state index is 0.478. The molecule has 1 aliphatic heterocycles. The van der Waals surface area contributed by atoms with Crippen LogP contribution in [0.1, 0.15) is 6.42 Å². The fraction of sp³-hybridized carbons (Fsp3) is 0.320. The number of nitrogens with two attached hydrogens (primary N) is 1. The van der Waals surface area contributed by atoms with Crippen LogP contribution in [-0.4, -0.2) is 65.0 Å². The Balaban J connectivity index is 1.50. The Labute approximate surface area is 199 Å². The summed E-state index contributed by atoms with van der Waals surface area (Å²) >= 11 is 0. The van der Waals surface area contributed by atoms with Crippen molar-refractivity contribution in [3.63, 3.8) is 0 Å². The van der Waals surface area contributed by atoms with Crippen LogP contribution in [0.3, 0.4) is 0 Å². The number of nitrogen functional groups attached to an aromatic ring is 1. The van der Waals surface area contributed by atoms with Crippen molar-refractivity contribution in [3.05, 3.63) is 48.9 Å². The van der Waals surface area contributed by atoms with E-state index in [1.807, 2.05) is 42.2 Å². The number of hydrogen-bond acceptors (Lipinski definition) is 8. The Bertz CT molecular complexity index is 1330. The third-order valence-electron chi connectivity index (χ3n) is 6.56. The van der Waals surface area contributed by atoms with Crippen molar-refractivity contribution in [3.8, 4) is 17.0 Å². The number of aromatic nitrogens is 4. The van der Waals surface area contributed by atoms with E-state index in [4.69, 9.17) is 10.5 Å². The van der Waals surface area contributed by atoms with Crippen LogP contribution in [0.5, 0.6) is 5.75 Å². The molecule has 2 aromatic carbocycles. The second kappa shape index (κ2) is 8.83. The molecule has 9 heteroatoms. The van der Waals surface area contributed by atoms with Gasteiger partial charge in [-0.2, -0.15) is 5.10 Å². The van der Waals surface area contributed by atoms with Gasteiger partial charge in [-0.15, -0.1) is 0 Å². The first-order valence-electron chi connectivity index (χ1n) is 11.3. The molecule has 0 spiro atoms. The van der Waals surface area contributed by atoms with E-state index < -0.39 is 0 Å². The first-order chi connectivity index (χ1) is 16.4. The lowest BCUT2D eigenvalue weighted by Gasteiger charge is -2.26. The summed E-state index contributed by atoms with van der Waals surface area (Å²) in [6, 6.07) is 12.4. The van der Waals surface area contributed by atoms with Crippen molar-refractivity contribution in [2.24, 2.45) is 7.05 Å². The van der Waals surface area contributed by atoms with Gasteiger partial charge < -0.3 is 25.6 Å². The lowest BCUT2D eigenvalue weighted by molar-refractivity contribution is 0.315. The van der Waals surface area contributed by atoms with E-state index in [1.54, 1.807) is 13.4 Å². The zero-order valence-electron chi connectivity index (χ0n) is 20.0. The summed E-state index contributed by atoms with van der Waals surface area (Å²) in [5.74, 6) is 1.39. The molecule has 0 saturated carbocycles. The van der Waals surface area contributed by atoms with Gasteiger partial charge in [0, 0.05) is 43.2 Å². The molecule has 1 saturated heterocycles. The first kappa shape index (κ1) is 22.0. The number of anilines is 4. The van der Waals surface area contributed by atoms with Crippen LogP contribution in [0.25, 0.3) is 22.2 Å². The number of aryl methyl sites for hydroxylation is 1. The van der Waals surface area contributed by atoms with E-state index in [0.717, 1.165) is 58.8 Å². The van der Waals surface area contributed by atoms with E-state index in [0.29, 0.717) is 17.5 Å². The van der Waals surface area contributed by atoms with Gasteiger partial charge in [0.25, 0.3) is 0 Å². The molecule has 0 aliphatic carbocycles. The normalized spacial score (nSPS) is 15.9. The number of likely N-dealkylation sites (N-methyl/N-ethyl adjacent to an activating group) is 1. The number of rotatable bonds is 6. The molecule has 2 aromatic heterocycles. The molecule has 3 heterocycles. The molecule has 4 aromatic rings. The quantitative estimate of drug-likeness (QED) is 0.424. The number of nitrogens with zero attached hydrogens (tertiary/aromatic N) is 6. The molecule has 1 unspecified atom stereocenters. The monoisotopic (exact) mass is 458 g/mol. The topological polar surface area (TPSA) is 97.4 Å². The van der Waals surface area contributed by atoms with Gasteiger partial charge in [0.2, 0.25) is 0 Å². The highest BCUT2D eigenvalue weighted by atomic mass is 16.5. The van der Waals surface area contributed by atoms with Crippen LogP contribution < -0.4 is 20.7 Å². The molecular formula is C25H30N8O. The Morgan fingerprint density at radius 3 is 2.76 bits per heavy atom. The summed E-state index contributed by atoms with van der Waals surface area (Å²) < 4.78 is 7.56. The van der Waals surface area contributed by atoms with Gasteiger partial charge in [-0.3, -0.25) is 4.68 Å². The van der Waals surface area contributed by atoms with Crippen LogP contribution >= 0.6 is 0 Å². The van der Waals surface area contributed by atoms with Gasteiger partial charge in [0.15, 0.2) is 0 Å². The maximum Gasteiger partial charge on any atom is 0.144 e. The lowest BCUT2D eigenvalue weighted by atomic mass is 10.1. The van der Waals surface area contributed by atoms with Gasteiger partial charge in [-0.1, -0.05) is 6.07 Å². The highest BCUT2D eigenvalue weighted by Crippen LogP contribution is 2.43. The third-order valence-corrected chi connectivity index (χ3v) is 6.56. The summed E-state index contributed by atoms with van der Waals surface area (Å²) in [5, 5.41) is 8.88. The van der Waals surface area contributed by atoms with Crippen molar-refractivity contribution in [2.75, 3.05) is 50.2 Å². The molecule has 34 heavy (non-hydrogen) atoms. The number of nitrogens with one attached hydrogen (secondary N) is 1. The molecule has 176 valence electrons. The lowest BCUT2D eigenvalue weighted by Crippen LogP contribution is -2.32. The van der Waals surface area contributed by atoms with Gasteiger partial charge >= 0.3 is 0 Å². The van der Waals surface area contributed by atoms with Crippen molar-refractivity contribution in [1.29, 1.82) is 0 Å². The largest absolute Gasteiger partial charge is 0.494 e. The number of benzene rings is 2. The van der Waals surface area contributed by atoms with Crippen LogP contribution in [-0.2, 0) is 7.05 Å². The van der Waals surface area contributed by atoms with Gasteiger partial charge in [0.1, 0.15) is 23.6 Å². The minimum Gasteiger partial charge on any atom is -0.494 e. The van der Waals surface area contributed by atoms with Crippen LogP contribution in [0.15, 0.2) is 48.9 Å². The molecule has 3 N–H and O–H groups in total.